The molecule has 5 heteroatoms. The van der Waals surface area contributed by atoms with Crippen molar-refractivity contribution in [3.8, 4) is 0 Å². The fourth-order valence-electron chi connectivity index (χ4n) is 1.24. The highest BCUT2D eigenvalue weighted by Crippen LogP contribution is 2.32. The van der Waals surface area contributed by atoms with E-state index in [1.165, 1.54) is 11.8 Å². The Balaban J connectivity index is 2.42. The van der Waals surface area contributed by atoms with Crippen LogP contribution in [0.1, 0.15) is 0 Å². The minimum absolute atomic E-state index is 0.00142. The summed E-state index contributed by atoms with van der Waals surface area (Å²) in [4.78, 5) is 12.9. The number of nitrogens with one attached hydrogen (secondary N) is 1. The third-order valence-electron chi connectivity index (χ3n) is 1.92. The molecule has 0 bridgehead atoms. The highest BCUT2D eigenvalue weighted by Gasteiger charge is 2.15. The number of hydrogen-bond acceptors (Lipinski definition) is 3. The molecule has 1 atom stereocenters. The Hall–Kier alpha value is -0.810. The van der Waals surface area contributed by atoms with E-state index in [-0.39, 0.29) is 5.91 Å². The van der Waals surface area contributed by atoms with Crippen LogP contribution >= 0.6 is 11.8 Å². The number of amides is 1. The maximum absolute atomic E-state index is 11.2. The second-order valence-electron chi connectivity index (χ2n) is 2.95. The summed E-state index contributed by atoms with van der Waals surface area (Å²) in [6.45, 7) is 0. The molecule has 0 unspecified atom stereocenters. The lowest BCUT2D eigenvalue weighted by molar-refractivity contribution is -0.113. The first-order valence-corrected chi connectivity index (χ1v) is 6.61. The van der Waals surface area contributed by atoms with Crippen molar-refractivity contribution in [2.24, 2.45) is 0 Å². The molecule has 1 aliphatic heterocycles. The van der Waals surface area contributed by atoms with Crippen LogP contribution in [0, 0.1) is 0 Å². The van der Waals surface area contributed by atoms with Gasteiger partial charge in [-0.25, -0.2) is 0 Å². The average molecular weight is 227 g/mol. The minimum Gasteiger partial charge on any atom is -0.324 e. The molecule has 3 nitrogen and oxygen atoms in total. The van der Waals surface area contributed by atoms with Gasteiger partial charge in [0.25, 0.3) is 0 Å². The highest BCUT2D eigenvalue weighted by molar-refractivity contribution is 8.00. The summed E-state index contributed by atoms with van der Waals surface area (Å²) in [5.74, 6) is 0.461. The molecule has 1 aromatic rings. The second kappa shape index (κ2) is 3.74. The maximum Gasteiger partial charge on any atom is 0.234 e. The third-order valence-corrected chi connectivity index (χ3v) is 3.91. The van der Waals surface area contributed by atoms with Gasteiger partial charge in [-0.05, 0) is 18.2 Å². The van der Waals surface area contributed by atoms with Crippen LogP contribution in [0.3, 0.4) is 0 Å². The quantitative estimate of drug-likeness (QED) is 0.790. The third kappa shape index (κ3) is 1.83. The Morgan fingerprint density at radius 2 is 2.29 bits per heavy atom. The Morgan fingerprint density at radius 3 is 3.00 bits per heavy atom. The van der Waals surface area contributed by atoms with Crippen molar-refractivity contribution in [2.75, 3.05) is 17.3 Å². The largest absolute Gasteiger partial charge is 0.324 e. The van der Waals surface area contributed by atoms with E-state index in [4.69, 9.17) is 0 Å². The number of rotatable bonds is 1. The molecular weight excluding hydrogens is 218 g/mol. The predicted molar refractivity (Wildman–Crippen MR) is 58.1 cm³/mol. The fraction of sp³-hybridized carbons (Fsp3) is 0.222. The molecule has 2 rings (SSSR count). The number of benzene rings is 1. The Kier molecular flexibility index (Phi) is 2.60. The van der Waals surface area contributed by atoms with E-state index < -0.39 is 10.8 Å². The molecule has 74 valence electrons. The number of carbonyl (C=O) groups excluding carboxylic acids is 1. The standard InChI is InChI=1S/C9H9NO2S2/c1-14(12)6-2-3-8-7(4-6)10-9(11)5-13-8/h2-4H,5H2,1H3,(H,10,11)/t14-/m0/s1. The van der Waals surface area contributed by atoms with Crippen molar-refractivity contribution >= 4 is 34.2 Å². The minimum atomic E-state index is -0.999. The SMILES string of the molecule is C[S@](=O)c1ccc2c(c1)NC(=O)CS2. The first-order valence-electron chi connectivity index (χ1n) is 4.07. The van der Waals surface area contributed by atoms with E-state index in [9.17, 15) is 9.00 Å². The van der Waals surface area contributed by atoms with Crippen LogP contribution in [0.4, 0.5) is 5.69 Å². The van der Waals surface area contributed by atoms with Crippen LogP contribution < -0.4 is 5.32 Å². The average Bonchev–Trinajstić information content (AvgIpc) is 2.16. The van der Waals surface area contributed by atoms with Gasteiger partial charge in [0.1, 0.15) is 0 Å². The van der Waals surface area contributed by atoms with Gasteiger partial charge in [0.2, 0.25) is 5.91 Å². The zero-order chi connectivity index (χ0) is 10.1. The molecule has 0 saturated heterocycles. The summed E-state index contributed by atoms with van der Waals surface area (Å²) < 4.78 is 11.2. The van der Waals surface area contributed by atoms with Crippen molar-refractivity contribution < 1.29 is 9.00 Å². The van der Waals surface area contributed by atoms with E-state index in [1.54, 1.807) is 12.3 Å². The monoisotopic (exact) mass is 227 g/mol. The first kappa shape index (κ1) is 9.73. The van der Waals surface area contributed by atoms with Crippen molar-refractivity contribution in [3.05, 3.63) is 18.2 Å². The van der Waals surface area contributed by atoms with E-state index in [1.807, 2.05) is 12.1 Å². The lowest BCUT2D eigenvalue weighted by Crippen LogP contribution is -2.18. The van der Waals surface area contributed by atoms with Gasteiger partial charge >= 0.3 is 0 Å². The number of anilines is 1. The number of fused-ring (bicyclic) bond motifs is 1. The molecule has 0 aliphatic carbocycles. The molecule has 0 radical (unpaired) electrons. The molecule has 1 heterocycles. The molecule has 0 fully saturated rings. The Labute approximate surface area is 88.7 Å². The zero-order valence-corrected chi connectivity index (χ0v) is 9.21. The summed E-state index contributed by atoms with van der Waals surface area (Å²) in [7, 11) is -0.999. The summed E-state index contributed by atoms with van der Waals surface area (Å²) >= 11 is 1.51. The summed E-state index contributed by atoms with van der Waals surface area (Å²) in [5.41, 5.74) is 0.777. The second-order valence-corrected chi connectivity index (χ2v) is 5.35. The van der Waals surface area contributed by atoms with Gasteiger partial charge in [-0.2, -0.15) is 0 Å². The molecule has 1 N–H and O–H groups in total. The van der Waals surface area contributed by atoms with Crippen LogP contribution in [0.2, 0.25) is 0 Å². The van der Waals surface area contributed by atoms with Crippen molar-refractivity contribution in [1.82, 2.24) is 0 Å². The molecule has 0 saturated carbocycles. The summed E-state index contributed by atoms with van der Waals surface area (Å²) in [5, 5.41) is 2.76. The van der Waals surface area contributed by atoms with Crippen LogP contribution in [-0.4, -0.2) is 22.1 Å². The van der Waals surface area contributed by atoms with E-state index in [0.29, 0.717) is 5.75 Å². The van der Waals surface area contributed by atoms with E-state index in [0.717, 1.165) is 15.5 Å². The van der Waals surface area contributed by atoms with Gasteiger partial charge in [0.05, 0.1) is 11.4 Å². The topological polar surface area (TPSA) is 46.2 Å². The molecule has 14 heavy (non-hydrogen) atoms. The molecule has 1 aromatic carbocycles. The normalized spacial score (nSPS) is 17.1. The van der Waals surface area contributed by atoms with Gasteiger partial charge in [-0.1, -0.05) is 0 Å². The number of hydrogen-bond donors (Lipinski definition) is 1. The maximum atomic E-state index is 11.2. The predicted octanol–water partition coefficient (Wildman–Crippen LogP) is 1.47. The molecule has 1 amide bonds. The van der Waals surface area contributed by atoms with Gasteiger partial charge in [-0.3, -0.25) is 9.00 Å². The van der Waals surface area contributed by atoms with Crippen molar-refractivity contribution in [3.63, 3.8) is 0 Å². The van der Waals surface area contributed by atoms with Gasteiger partial charge in [-0.15, -0.1) is 11.8 Å². The van der Waals surface area contributed by atoms with E-state index >= 15 is 0 Å². The Bertz CT molecular complexity index is 417. The van der Waals surface area contributed by atoms with Crippen molar-refractivity contribution in [2.45, 2.75) is 9.79 Å². The van der Waals surface area contributed by atoms with Crippen molar-refractivity contribution in [1.29, 1.82) is 0 Å². The lowest BCUT2D eigenvalue weighted by atomic mass is 10.3. The van der Waals surface area contributed by atoms with E-state index in [2.05, 4.69) is 5.32 Å². The smallest absolute Gasteiger partial charge is 0.234 e. The van der Waals surface area contributed by atoms with Crippen LogP contribution in [0.25, 0.3) is 0 Å². The number of carbonyl (C=O) groups is 1. The van der Waals surface area contributed by atoms with Crippen LogP contribution in [-0.2, 0) is 15.6 Å². The highest BCUT2D eigenvalue weighted by atomic mass is 32.2. The molecule has 1 aliphatic rings. The Morgan fingerprint density at radius 1 is 1.50 bits per heavy atom. The zero-order valence-electron chi connectivity index (χ0n) is 7.57. The van der Waals surface area contributed by atoms with Gasteiger partial charge in [0.15, 0.2) is 0 Å². The summed E-state index contributed by atoms with van der Waals surface area (Å²) in [6.07, 6.45) is 1.62. The lowest BCUT2D eigenvalue weighted by Gasteiger charge is -2.16. The molecular formula is C9H9NO2S2. The summed E-state index contributed by atoms with van der Waals surface area (Å²) in [6, 6.07) is 5.51. The van der Waals surface area contributed by atoms with Gasteiger partial charge < -0.3 is 5.32 Å². The van der Waals surface area contributed by atoms with Crippen LogP contribution in [0.5, 0.6) is 0 Å². The number of thioether (sulfide) groups is 1. The van der Waals surface area contributed by atoms with Crippen LogP contribution in [0.15, 0.2) is 28.0 Å². The van der Waals surface area contributed by atoms with Gasteiger partial charge in [0, 0.05) is 26.8 Å². The molecule has 0 aromatic heterocycles. The fourth-order valence-corrected chi connectivity index (χ4v) is 2.57. The molecule has 0 spiro atoms. The first-order chi connectivity index (χ1) is 6.66.